The van der Waals surface area contributed by atoms with E-state index < -0.39 is 0 Å². The molecule has 30 heavy (non-hydrogen) atoms. The second-order valence-corrected chi connectivity index (χ2v) is 7.17. The summed E-state index contributed by atoms with van der Waals surface area (Å²) in [7, 11) is 3.34. The van der Waals surface area contributed by atoms with Crippen LogP contribution in [0.4, 0.5) is 0 Å². The van der Waals surface area contributed by atoms with E-state index in [9.17, 15) is 0 Å². The van der Waals surface area contributed by atoms with Crippen molar-refractivity contribution in [2.45, 2.75) is 6.54 Å². The third-order valence-electron chi connectivity index (χ3n) is 5.37. The van der Waals surface area contributed by atoms with Crippen molar-refractivity contribution < 1.29 is 9.47 Å². The molecule has 148 valence electrons. The first-order chi connectivity index (χ1) is 14.8. The van der Waals surface area contributed by atoms with E-state index in [2.05, 4.69) is 51.3 Å². The minimum atomic E-state index is 0.757. The van der Waals surface area contributed by atoms with Crippen molar-refractivity contribution in [1.82, 2.24) is 14.8 Å². The fraction of sp³-hybridized carbons (Fsp3) is 0.120. The van der Waals surface area contributed by atoms with Gasteiger partial charge in [0.15, 0.2) is 0 Å². The van der Waals surface area contributed by atoms with Crippen molar-refractivity contribution in [2.75, 3.05) is 14.2 Å². The average Bonchev–Trinajstić information content (AvgIpc) is 3.23. The van der Waals surface area contributed by atoms with E-state index >= 15 is 0 Å². The maximum Gasteiger partial charge on any atom is 0.119 e. The number of benzene rings is 3. The number of methoxy groups -OCH3 is 2. The Kier molecular flexibility index (Phi) is 4.56. The van der Waals surface area contributed by atoms with Crippen LogP contribution in [-0.2, 0) is 6.54 Å². The molecule has 3 aromatic carbocycles. The number of pyridine rings is 1. The van der Waals surface area contributed by atoms with Gasteiger partial charge < -0.3 is 14.0 Å². The molecule has 5 heteroatoms. The lowest BCUT2D eigenvalue weighted by Gasteiger charge is -2.16. The van der Waals surface area contributed by atoms with E-state index in [1.807, 2.05) is 42.5 Å². The molecule has 5 nitrogen and oxygen atoms in total. The zero-order valence-electron chi connectivity index (χ0n) is 16.9. The molecule has 0 bridgehead atoms. The van der Waals surface area contributed by atoms with Crippen molar-refractivity contribution in [3.63, 3.8) is 0 Å². The quantitative estimate of drug-likeness (QED) is 0.407. The van der Waals surface area contributed by atoms with Crippen LogP contribution in [0.25, 0.3) is 33.4 Å². The summed E-state index contributed by atoms with van der Waals surface area (Å²) in [6.45, 7) is 0.757. The Balaban J connectivity index is 1.72. The topological polar surface area (TPSA) is 49.2 Å². The summed E-state index contributed by atoms with van der Waals surface area (Å²) in [6.07, 6.45) is 2.15. The molecule has 0 saturated heterocycles. The third-order valence-corrected chi connectivity index (χ3v) is 5.37. The van der Waals surface area contributed by atoms with Gasteiger partial charge in [0, 0.05) is 29.3 Å². The number of nitrogens with zero attached hydrogens (tertiary/aromatic N) is 3. The number of rotatable bonds is 5. The molecular weight excluding hydrogens is 374 g/mol. The van der Waals surface area contributed by atoms with Crippen LogP contribution >= 0.6 is 0 Å². The van der Waals surface area contributed by atoms with E-state index in [1.165, 1.54) is 5.56 Å². The molecule has 0 N–H and O–H groups in total. The lowest BCUT2D eigenvalue weighted by Crippen LogP contribution is -2.04. The SMILES string of the molecule is COc1ccc(-c2nnc3c4cc(OC)ccc4n(Cc4ccccc4)cc2-3)cc1. The van der Waals surface area contributed by atoms with E-state index in [1.54, 1.807) is 14.2 Å². The summed E-state index contributed by atoms with van der Waals surface area (Å²) in [5, 5.41) is 10.1. The maximum absolute atomic E-state index is 5.47. The highest BCUT2D eigenvalue weighted by Crippen LogP contribution is 2.38. The van der Waals surface area contributed by atoms with Crippen molar-refractivity contribution in [3.05, 3.63) is 84.6 Å². The Labute approximate surface area is 174 Å². The molecule has 0 aliphatic carbocycles. The number of hydrogen-bond acceptors (Lipinski definition) is 4. The summed E-state index contributed by atoms with van der Waals surface area (Å²) >= 11 is 0. The minimum Gasteiger partial charge on any atom is -0.497 e. The molecule has 5 rings (SSSR count). The molecule has 3 aromatic rings. The average molecular weight is 395 g/mol. The van der Waals surface area contributed by atoms with Crippen LogP contribution in [0.5, 0.6) is 11.5 Å². The lowest BCUT2D eigenvalue weighted by molar-refractivity contribution is 0.415. The second kappa shape index (κ2) is 7.52. The maximum atomic E-state index is 5.47. The third kappa shape index (κ3) is 3.14. The van der Waals surface area contributed by atoms with Crippen LogP contribution in [0.2, 0.25) is 0 Å². The van der Waals surface area contributed by atoms with Gasteiger partial charge in [0.05, 0.1) is 19.7 Å². The van der Waals surface area contributed by atoms with Crippen LogP contribution in [-0.4, -0.2) is 29.0 Å². The van der Waals surface area contributed by atoms with Crippen molar-refractivity contribution in [1.29, 1.82) is 0 Å². The molecule has 2 heterocycles. The summed E-state index contributed by atoms with van der Waals surface area (Å²) in [4.78, 5) is 0. The monoisotopic (exact) mass is 395 g/mol. The fourth-order valence-corrected chi connectivity index (χ4v) is 3.82. The summed E-state index contributed by atoms with van der Waals surface area (Å²) in [5.41, 5.74) is 6.08. The van der Waals surface area contributed by atoms with Gasteiger partial charge in [-0.1, -0.05) is 30.3 Å². The first-order valence-corrected chi connectivity index (χ1v) is 9.78. The highest BCUT2D eigenvalue weighted by molar-refractivity contribution is 5.98. The normalized spacial score (nSPS) is 11.1. The number of hydrogen-bond donors (Lipinski definition) is 0. The minimum absolute atomic E-state index is 0.757. The Morgan fingerprint density at radius 1 is 0.767 bits per heavy atom. The van der Waals surface area contributed by atoms with Crippen LogP contribution in [0.1, 0.15) is 5.56 Å². The van der Waals surface area contributed by atoms with Gasteiger partial charge in [0.25, 0.3) is 0 Å². The predicted molar refractivity (Wildman–Crippen MR) is 118 cm³/mol. The summed E-state index contributed by atoms with van der Waals surface area (Å²) in [6, 6.07) is 24.4. The molecule has 0 radical (unpaired) electrons. The first kappa shape index (κ1) is 18.2. The zero-order chi connectivity index (χ0) is 20.5. The molecule has 0 saturated carbocycles. The highest BCUT2D eigenvalue weighted by atomic mass is 16.5. The van der Waals surface area contributed by atoms with Gasteiger partial charge in [-0.3, -0.25) is 0 Å². The summed E-state index contributed by atoms with van der Waals surface area (Å²) < 4.78 is 13.0. The van der Waals surface area contributed by atoms with Gasteiger partial charge in [0.1, 0.15) is 22.9 Å². The van der Waals surface area contributed by atoms with Crippen LogP contribution < -0.4 is 9.47 Å². The number of ether oxygens (including phenoxy) is 2. The Morgan fingerprint density at radius 3 is 2.20 bits per heavy atom. The van der Waals surface area contributed by atoms with Gasteiger partial charge >= 0.3 is 0 Å². The smallest absolute Gasteiger partial charge is 0.119 e. The summed E-state index contributed by atoms with van der Waals surface area (Å²) in [5.74, 6) is 1.62. The Morgan fingerprint density at radius 2 is 1.47 bits per heavy atom. The number of aromatic nitrogens is 3. The van der Waals surface area contributed by atoms with Gasteiger partial charge in [0.2, 0.25) is 0 Å². The molecule has 0 atom stereocenters. The van der Waals surface area contributed by atoms with Gasteiger partial charge in [-0.15, -0.1) is 10.2 Å². The van der Waals surface area contributed by atoms with Gasteiger partial charge in [-0.25, -0.2) is 0 Å². The molecule has 0 spiro atoms. The molecular formula is C25H21N3O2. The number of fused-ring (bicyclic) bond motifs is 3. The Hall–Kier alpha value is -3.86. The molecule has 0 fully saturated rings. The lowest BCUT2D eigenvalue weighted by atomic mass is 10.0. The zero-order valence-corrected chi connectivity index (χ0v) is 16.9. The van der Waals surface area contributed by atoms with Crippen molar-refractivity contribution in [2.24, 2.45) is 0 Å². The van der Waals surface area contributed by atoms with E-state index in [0.717, 1.165) is 51.5 Å². The predicted octanol–water partition coefficient (Wildman–Crippen LogP) is 5.27. The van der Waals surface area contributed by atoms with Crippen molar-refractivity contribution in [3.8, 4) is 34.0 Å². The largest absolute Gasteiger partial charge is 0.497 e. The first-order valence-electron chi connectivity index (χ1n) is 9.78. The van der Waals surface area contributed by atoms with Crippen LogP contribution in [0.15, 0.2) is 79.0 Å². The fourth-order valence-electron chi connectivity index (χ4n) is 3.82. The molecule has 2 aliphatic rings. The molecule has 2 aliphatic heterocycles. The van der Waals surface area contributed by atoms with E-state index in [4.69, 9.17) is 9.47 Å². The van der Waals surface area contributed by atoms with Gasteiger partial charge in [-0.05, 0) is 48.0 Å². The van der Waals surface area contributed by atoms with Crippen LogP contribution in [0, 0.1) is 0 Å². The Bertz CT molecular complexity index is 1280. The van der Waals surface area contributed by atoms with E-state index in [0.29, 0.717) is 0 Å². The van der Waals surface area contributed by atoms with E-state index in [-0.39, 0.29) is 0 Å². The van der Waals surface area contributed by atoms with Gasteiger partial charge in [-0.2, -0.15) is 0 Å². The molecule has 0 amide bonds. The van der Waals surface area contributed by atoms with Crippen molar-refractivity contribution >= 4 is 10.9 Å². The second-order valence-electron chi connectivity index (χ2n) is 7.17. The molecule has 0 aromatic heterocycles. The molecule has 0 unspecified atom stereocenters. The highest BCUT2D eigenvalue weighted by Gasteiger charge is 2.20. The van der Waals surface area contributed by atoms with Crippen LogP contribution in [0.3, 0.4) is 0 Å². The standard InChI is InChI=1S/C25H21N3O2/c1-29-19-10-8-18(9-11-19)24-22-16-28(15-17-6-4-3-5-7-17)23-13-12-20(30-2)14-21(23)25(22)27-26-24/h3-14,16H,15H2,1-2H3.